The molecule has 2 aromatic carbocycles. The Morgan fingerprint density at radius 1 is 1.04 bits per heavy atom. The number of benzene rings is 2. The lowest BCUT2D eigenvalue weighted by atomic mass is 10.1. The van der Waals surface area contributed by atoms with Crippen molar-refractivity contribution in [3.63, 3.8) is 0 Å². The van der Waals surface area contributed by atoms with Gasteiger partial charge in [-0.15, -0.1) is 0 Å². The predicted molar refractivity (Wildman–Crippen MR) is 84.8 cm³/mol. The number of amides is 2. The van der Waals surface area contributed by atoms with Gasteiger partial charge in [0.05, 0.1) is 4.92 Å². The van der Waals surface area contributed by atoms with Crippen molar-refractivity contribution >= 4 is 28.9 Å². The van der Waals surface area contributed by atoms with Crippen molar-refractivity contribution in [2.24, 2.45) is 0 Å². The van der Waals surface area contributed by atoms with Crippen LogP contribution in [0.15, 0.2) is 42.5 Å². The number of nitrogens with zero attached hydrogens (tertiary/aromatic N) is 1. The van der Waals surface area contributed by atoms with Gasteiger partial charge in [0.2, 0.25) is 0 Å². The maximum atomic E-state index is 12.0. The van der Waals surface area contributed by atoms with E-state index >= 15 is 0 Å². The molecule has 23 heavy (non-hydrogen) atoms. The Kier molecular flexibility index (Phi) is 3.76. The number of urea groups is 1. The summed E-state index contributed by atoms with van der Waals surface area (Å²) in [6.07, 6.45) is 1.23. The van der Waals surface area contributed by atoms with Crippen molar-refractivity contribution in [2.45, 2.75) is 12.8 Å². The molecule has 0 radical (unpaired) electrons. The van der Waals surface area contributed by atoms with Crippen LogP contribution in [0.1, 0.15) is 22.3 Å². The maximum absolute atomic E-state index is 12.0. The van der Waals surface area contributed by atoms with Crippen molar-refractivity contribution < 1.29 is 14.5 Å². The van der Waals surface area contributed by atoms with Crippen LogP contribution in [-0.2, 0) is 6.42 Å². The summed E-state index contributed by atoms with van der Waals surface area (Å²) in [5.74, 6) is 0.0720. The molecular formula is C16H13N3O4. The molecule has 2 N–H and O–H groups in total. The molecule has 0 heterocycles. The Morgan fingerprint density at radius 3 is 2.52 bits per heavy atom. The van der Waals surface area contributed by atoms with Crippen LogP contribution in [0, 0.1) is 10.1 Å². The van der Waals surface area contributed by atoms with Gasteiger partial charge in [-0.1, -0.05) is 12.1 Å². The second-order valence-corrected chi connectivity index (χ2v) is 5.18. The number of nitro groups is 1. The highest BCUT2D eigenvalue weighted by molar-refractivity contribution is 6.04. The predicted octanol–water partition coefficient (Wildman–Crippen LogP) is 3.37. The molecule has 2 aromatic rings. The lowest BCUT2D eigenvalue weighted by Crippen LogP contribution is -2.19. The van der Waals surface area contributed by atoms with Gasteiger partial charge >= 0.3 is 6.03 Å². The van der Waals surface area contributed by atoms with E-state index in [9.17, 15) is 19.7 Å². The number of rotatable bonds is 3. The average molecular weight is 311 g/mol. The molecule has 0 saturated heterocycles. The highest BCUT2D eigenvalue weighted by Crippen LogP contribution is 2.25. The molecule has 0 atom stereocenters. The molecule has 116 valence electrons. The van der Waals surface area contributed by atoms with Crippen LogP contribution in [0.5, 0.6) is 0 Å². The number of aryl methyl sites for hydroxylation is 1. The zero-order chi connectivity index (χ0) is 16.4. The third-order valence-corrected chi connectivity index (χ3v) is 3.60. The van der Waals surface area contributed by atoms with Crippen LogP contribution < -0.4 is 10.6 Å². The van der Waals surface area contributed by atoms with Crippen LogP contribution in [-0.4, -0.2) is 16.7 Å². The fourth-order valence-corrected chi connectivity index (χ4v) is 2.51. The molecule has 7 nitrogen and oxygen atoms in total. The van der Waals surface area contributed by atoms with Gasteiger partial charge < -0.3 is 10.6 Å². The first-order valence-corrected chi connectivity index (χ1v) is 7.01. The zero-order valence-corrected chi connectivity index (χ0v) is 12.0. The van der Waals surface area contributed by atoms with E-state index in [0.29, 0.717) is 23.4 Å². The molecule has 1 aliphatic carbocycles. The van der Waals surface area contributed by atoms with Gasteiger partial charge in [0.15, 0.2) is 5.78 Å². The minimum Gasteiger partial charge on any atom is -0.308 e. The van der Waals surface area contributed by atoms with Crippen molar-refractivity contribution in [2.75, 3.05) is 10.6 Å². The van der Waals surface area contributed by atoms with Crippen molar-refractivity contribution in [3.05, 3.63) is 63.7 Å². The first-order valence-electron chi connectivity index (χ1n) is 7.01. The Hall–Kier alpha value is -3.22. The second kappa shape index (κ2) is 5.88. The number of hydrogen-bond acceptors (Lipinski definition) is 4. The molecule has 0 unspecified atom stereocenters. The minimum absolute atomic E-state index is 0.0720. The fraction of sp³-hybridized carbons (Fsp3) is 0.125. The number of non-ortho nitro benzene ring substituents is 1. The first-order chi connectivity index (χ1) is 11.0. The van der Waals surface area contributed by atoms with Gasteiger partial charge in [-0.05, 0) is 30.2 Å². The molecule has 0 aromatic heterocycles. The highest BCUT2D eigenvalue weighted by atomic mass is 16.6. The number of nitrogens with one attached hydrogen (secondary N) is 2. The molecule has 0 aliphatic heterocycles. The average Bonchev–Trinajstić information content (AvgIpc) is 2.88. The minimum atomic E-state index is -0.533. The van der Waals surface area contributed by atoms with E-state index in [2.05, 4.69) is 10.6 Å². The van der Waals surface area contributed by atoms with E-state index in [1.807, 2.05) is 6.07 Å². The molecule has 7 heteroatoms. The smallest absolute Gasteiger partial charge is 0.308 e. The number of carbonyl (C=O) groups is 2. The fourth-order valence-electron chi connectivity index (χ4n) is 2.51. The monoisotopic (exact) mass is 311 g/mol. The lowest BCUT2D eigenvalue weighted by Gasteiger charge is -2.08. The van der Waals surface area contributed by atoms with Gasteiger partial charge in [-0.3, -0.25) is 14.9 Å². The Bertz CT molecular complexity index is 817. The summed E-state index contributed by atoms with van der Waals surface area (Å²) < 4.78 is 0. The van der Waals surface area contributed by atoms with Gasteiger partial charge in [-0.2, -0.15) is 0 Å². The maximum Gasteiger partial charge on any atom is 0.323 e. The van der Waals surface area contributed by atoms with Crippen LogP contribution in [0.25, 0.3) is 0 Å². The van der Waals surface area contributed by atoms with Gasteiger partial charge in [0.25, 0.3) is 5.69 Å². The van der Waals surface area contributed by atoms with Crippen molar-refractivity contribution in [1.29, 1.82) is 0 Å². The number of Topliss-reactive ketones (excluding diaryl/α,β-unsaturated/α-hetero) is 1. The largest absolute Gasteiger partial charge is 0.323 e. The summed E-state index contributed by atoms with van der Waals surface area (Å²) in [4.78, 5) is 33.9. The quantitative estimate of drug-likeness (QED) is 0.670. The van der Waals surface area contributed by atoms with Crippen LogP contribution >= 0.6 is 0 Å². The van der Waals surface area contributed by atoms with E-state index in [0.717, 1.165) is 12.0 Å². The van der Waals surface area contributed by atoms with Gasteiger partial charge in [0.1, 0.15) is 0 Å². The molecule has 3 rings (SSSR count). The Balaban J connectivity index is 1.70. The highest BCUT2D eigenvalue weighted by Gasteiger charge is 2.19. The van der Waals surface area contributed by atoms with Crippen molar-refractivity contribution in [3.8, 4) is 0 Å². The van der Waals surface area contributed by atoms with E-state index < -0.39 is 11.0 Å². The number of fused-ring (bicyclic) bond motifs is 1. The zero-order valence-electron chi connectivity index (χ0n) is 12.0. The molecule has 2 amide bonds. The number of nitro benzene ring substituents is 1. The van der Waals surface area contributed by atoms with Gasteiger partial charge in [0, 0.05) is 35.5 Å². The standard InChI is InChI=1S/C16H13N3O4/c20-15-7-5-10-4-6-12(9-14(10)15)18-16(21)17-11-2-1-3-13(8-11)19(22)23/h1-4,6,8-9H,5,7H2,(H2,17,18,21). The summed E-state index contributed by atoms with van der Waals surface area (Å²) in [6.45, 7) is 0. The molecule has 0 spiro atoms. The molecular weight excluding hydrogens is 298 g/mol. The lowest BCUT2D eigenvalue weighted by molar-refractivity contribution is -0.384. The first kappa shape index (κ1) is 14.7. The summed E-state index contributed by atoms with van der Waals surface area (Å²) in [5.41, 5.74) is 2.33. The number of anilines is 2. The number of carbonyl (C=O) groups excluding carboxylic acids is 2. The van der Waals surface area contributed by atoms with Crippen LogP contribution in [0.3, 0.4) is 0 Å². The topological polar surface area (TPSA) is 101 Å². The number of ketones is 1. The normalized spacial score (nSPS) is 12.6. The summed E-state index contributed by atoms with van der Waals surface area (Å²) in [7, 11) is 0. The summed E-state index contributed by atoms with van der Waals surface area (Å²) >= 11 is 0. The Labute approximate surface area is 131 Å². The summed E-state index contributed by atoms with van der Waals surface area (Å²) in [5, 5.41) is 15.9. The number of hydrogen-bond donors (Lipinski definition) is 2. The van der Waals surface area contributed by atoms with Crippen molar-refractivity contribution in [1.82, 2.24) is 0 Å². The van der Waals surface area contributed by atoms with Gasteiger partial charge in [-0.25, -0.2) is 4.79 Å². The molecule has 0 saturated carbocycles. The van der Waals surface area contributed by atoms with E-state index in [4.69, 9.17) is 0 Å². The molecule has 1 aliphatic rings. The van der Waals surface area contributed by atoms with Crippen LogP contribution in [0.4, 0.5) is 21.9 Å². The van der Waals surface area contributed by atoms with E-state index in [1.165, 1.54) is 18.2 Å². The molecule has 0 bridgehead atoms. The summed E-state index contributed by atoms with van der Waals surface area (Å²) in [6, 6.07) is 10.3. The van der Waals surface area contributed by atoms with E-state index in [-0.39, 0.29) is 11.5 Å². The molecule has 0 fully saturated rings. The SMILES string of the molecule is O=C(Nc1cccc([N+](=O)[O-])c1)Nc1ccc2c(c1)C(=O)CC2. The van der Waals surface area contributed by atoms with E-state index in [1.54, 1.807) is 18.2 Å². The van der Waals surface area contributed by atoms with Crippen LogP contribution in [0.2, 0.25) is 0 Å². The third-order valence-electron chi connectivity index (χ3n) is 3.60. The third kappa shape index (κ3) is 3.18. The Morgan fingerprint density at radius 2 is 1.78 bits per heavy atom. The second-order valence-electron chi connectivity index (χ2n) is 5.18.